The Kier molecular flexibility index (Phi) is 6.06. The molecule has 1 rings (SSSR count). The van der Waals surface area contributed by atoms with Crippen molar-refractivity contribution in [2.45, 2.75) is 32.7 Å². The zero-order valence-electron chi connectivity index (χ0n) is 11.7. The fourth-order valence-electron chi connectivity index (χ4n) is 2.13. The third-order valence-corrected chi connectivity index (χ3v) is 4.16. The van der Waals surface area contributed by atoms with Gasteiger partial charge in [-0.2, -0.15) is 16.9 Å². The van der Waals surface area contributed by atoms with Gasteiger partial charge in [-0.3, -0.25) is 4.68 Å². The Morgan fingerprint density at radius 1 is 1.53 bits per heavy atom. The Balaban J connectivity index is 2.69. The molecule has 17 heavy (non-hydrogen) atoms. The van der Waals surface area contributed by atoms with E-state index in [2.05, 4.69) is 43.6 Å². The van der Waals surface area contributed by atoms with Crippen LogP contribution in [0.4, 0.5) is 0 Å². The Bertz CT molecular complexity index is 335. The quantitative estimate of drug-likeness (QED) is 0.809. The van der Waals surface area contributed by atoms with Gasteiger partial charge in [0.05, 0.1) is 5.69 Å². The van der Waals surface area contributed by atoms with Gasteiger partial charge in [0.1, 0.15) is 0 Å². The van der Waals surface area contributed by atoms with Crippen LogP contribution in [0.1, 0.15) is 25.2 Å². The maximum Gasteiger partial charge on any atom is 0.0624 e. The highest BCUT2D eigenvalue weighted by Crippen LogP contribution is 2.15. The molecule has 0 bridgehead atoms. The summed E-state index contributed by atoms with van der Waals surface area (Å²) >= 11 is 1.92. The van der Waals surface area contributed by atoms with Crippen LogP contribution in [-0.4, -0.2) is 34.9 Å². The summed E-state index contributed by atoms with van der Waals surface area (Å²) in [5.41, 5.74) is 2.52. The van der Waals surface area contributed by atoms with Gasteiger partial charge in [-0.1, -0.05) is 13.8 Å². The second-order valence-corrected chi connectivity index (χ2v) is 5.55. The molecule has 0 aliphatic carbocycles. The van der Waals surface area contributed by atoms with E-state index >= 15 is 0 Å². The van der Waals surface area contributed by atoms with Gasteiger partial charge in [0.2, 0.25) is 0 Å². The van der Waals surface area contributed by atoms with Gasteiger partial charge in [-0.15, -0.1) is 0 Å². The minimum atomic E-state index is 0.530. The lowest BCUT2D eigenvalue weighted by Crippen LogP contribution is -2.35. The minimum absolute atomic E-state index is 0.530. The van der Waals surface area contributed by atoms with E-state index in [0.717, 1.165) is 12.8 Å². The molecule has 1 heterocycles. The molecule has 0 fully saturated rings. The molecule has 2 atom stereocenters. The first kappa shape index (κ1) is 14.6. The van der Waals surface area contributed by atoms with Crippen LogP contribution in [0, 0.1) is 5.92 Å². The predicted molar refractivity (Wildman–Crippen MR) is 76.7 cm³/mol. The molecule has 98 valence electrons. The van der Waals surface area contributed by atoms with Crippen molar-refractivity contribution in [2.75, 3.05) is 19.1 Å². The predicted octanol–water partition coefficient (Wildman–Crippen LogP) is 2.11. The van der Waals surface area contributed by atoms with E-state index in [1.54, 1.807) is 0 Å². The summed E-state index contributed by atoms with van der Waals surface area (Å²) in [6.45, 7) is 4.47. The van der Waals surface area contributed by atoms with E-state index in [-0.39, 0.29) is 0 Å². The molecular weight excluding hydrogens is 230 g/mol. The maximum absolute atomic E-state index is 4.51. The van der Waals surface area contributed by atoms with Crippen LogP contribution in [0.2, 0.25) is 0 Å². The van der Waals surface area contributed by atoms with Crippen LogP contribution in [0.25, 0.3) is 0 Å². The van der Waals surface area contributed by atoms with E-state index < -0.39 is 0 Å². The summed E-state index contributed by atoms with van der Waals surface area (Å²) in [7, 11) is 4.10. The molecule has 3 nitrogen and oxygen atoms in total. The van der Waals surface area contributed by atoms with E-state index in [4.69, 9.17) is 0 Å². The van der Waals surface area contributed by atoms with Gasteiger partial charge in [-0.25, -0.2) is 0 Å². The number of thioether (sulfide) groups is 1. The van der Waals surface area contributed by atoms with Crippen molar-refractivity contribution in [3.63, 3.8) is 0 Å². The van der Waals surface area contributed by atoms with Crippen LogP contribution in [0.15, 0.2) is 6.07 Å². The number of nitrogens with one attached hydrogen (secondary N) is 1. The van der Waals surface area contributed by atoms with Gasteiger partial charge < -0.3 is 5.32 Å². The molecule has 0 spiro atoms. The topological polar surface area (TPSA) is 29.9 Å². The van der Waals surface area contributed by atoms with Crippen molar-refractivity contribution in [2.24, 2.45) is 13.0 Å². The lowest BCUT2D eigenvalue weighted by molar-refractivity contribution is 0.421. The number of likely N-dealkylation sites (N-methyl/N-ethyl adjacent to an activating group) is 1. The average molecular weight is 255 g/mol. The second-order valence-electron chi connectivity index (χ2n) is 4.64. The molecule has 0 aliphatic rings. The van der Waals surface area contributed by atoms with Gasteiger partial charge >= 0.3 is 0 Å². The van der Waals surface area contributed by atoms with Gasteiger partial charge in [0.15, 0.2) is 0 Å². The van der Waals surface area contributed by atoms with Crippen molar-refractivity contribution >= 4 is 11.8 Å². The summed E-state index contributed by atoms with van der Waals surface area (Å²) in [6, 6.07) is 2.76. The number of nitrogens with zero attached hydrogens (tertiary/aromatic N) is 2. The Hall–Kier alpha value is -0.480. The molecule has 0 radical (unpaired) electrons. The van der Waals surface area contributed by atoms with E-state index in [0.29, 0.717) is 12.0 Å². The van der Waals surface area contributed by atoms with Crippen molar-refractivity contribution < 1.29 is 0 Å². The summed E-state index contributed by atoms with van der Waals surface area (Å²) in [5, 5.41) is 7.94. The zero-order chi connectivity index (χ0) is 12.8. The molecule has 0 amide bonds. The van der Waals surface area contributed by atoms with E-state index in [1.807, 2.05) is 23.5 Å². The molecular formula is C13H25N3S. The third-order valence-electron chi connectivity index (χ3n) is 3.31. The monoisotopic (exact) mass is 255 g/mol. The average Bonchev–Trinajstić information content (AvgIpc) is 2.67. The SMILES string of the molecule is CCc1cc(CC(NC)C(C)CSC)n(C)n1. The number of hydrogen-bond donors (Lipinski definition) is 1. The number of aryl methyl sites for hydroxylation is 2. The fourth-order valence-corrected chi connectivity index (χ4v) is 2.89. The molecule has 0 aliphatic heterocycles. The van der Waals surface area contributed by atoms with E-state index in [9.17, 15) is 0 Å². The normalized spacial score (nSPS) is 14.9. The Morgan fingerprint density at radius 2 is 2.24 bits per heavy atom. The van der Waals surface area contributed by atoms with Crippen LogP contribution >= 0.6 is 11.8 Å². The standard InChI is InChI=1S/C13H25N3S/c1-6-11-7-12(16(4)15-11)8-13(14-3)10(2)9-17-5/h7,10,13-14H,6,8-9H2,1-5H3. The van der Waals surface area contributed by atoms with Crippen molar-refractivity contribution in [1.82, 2.24) is 15.1 Å². The molecule has 4 heteroatoms. The molecule has 1 N–H and O–H groups in total. The van der Waals surface area contributed by atoms with E-state index in [1.165, 1.54) is 17.1 Å². The first-order valence-electron chi connectivity index (χ1n) is 6.30. The van der Waals surface area contributed by atoms with Gasteiger partial charge in [0, 0.05) is 25.2 Å². The first-order valence-corrected chi connectivity index (χ1v) is 7.69. The maximum atomic E-state index is 4.51. The van der Waals surface area contributed by atoms with Crippen molar-refractivity contribution in [3.05, 3.63) is 17.5 Å². The second kappa shape index (κ2) is 7.07. The summed E-state index contributed by atoms with van der Waals surface area (Å²) in [6.07, 6.45) is 4.24. The number of rotatable bonds is 7. The molecule has 1 aromatic heterocycles. The molecule has 0 saturated heterocycles. The zero-order valence-corrected chi connectivity index (χ0v) is 12.5. The molecule has 0 saturated carbocycles. The van der Waals surface area contributed by atoms with Crippen LogP contribution in [0.3, 0.4) is 0 Å². The first-order chi connectivity index (χ1) is 8.12. The lowest BCUT2D eigenvalue weighted by atomic mass is 9.99. The summed E-state index contributed by atoms with van der Waals surface area (Å²) < 4.78 is 2.02. The van der Waals surface area contributed by atoms with Gasteiger partial charge in [0.25, 0.3) is 0 Å². The summed E-state index contributed by atoms with van der Waals surface area (Å²) in [4.78, 5) is 0. The fraction of sp³-hybridized carbons (Fsp3) is 0.769. The number of aromatic nitrogens is 2. The third kappa shape index (κ3) is 4.03. The van der Waals surface area contributed by atoms with Crippen molar-refractivity contribution in [1.29, 1.82) is 0 Å². The largest absolute Gasteiger partial charge is 0.316 e. The lowest BCUT2D eigenvalue weighted by Gasteiger charge is -2.22. The highest BCUT2D eigenvalue weighted by atomic mass is 32.2. The molecule has 0 aromatic carbocycles. The summed E-state index contributed by atoms with van der Waals surface area (Å²) in [5.74, 6) is 1.87. The van der Waals surface area contributed by atoms with Crippen LogP contribution < -0.4 is 5.32 Å². The molecule has 1 aromatic rings. The number of hydrogen-bond acceptors (Lipinski definition) is 3. The highest BCUT2D eigenvalue weighted by molar-refractivity contribution is 7.98. The van der Waals surface area contributed by atoms with Crippen LogP contribution in [-0.2, 0) is 19.9 Å². The Morgan fingerprint density at radius 3 is 2.71 bits per heavy atom. The van der Waals surface area contributed by atoms with Crippen molar-refractivity contribution in [3.8, 4) is 0 Å². The van der Waals surface area contributed by atoms with Crippen LogP contribution in [0.5, 0.6) is 0 Å². The highest BCUT2D eigenvalue weighted by Gasteiger charge is 2.17. The molecule has 2 unspecified atom stereocenters. The van der Waals surface area contributed by atoms with Gasteiger partial charge in [-0.05, 0) is 37.5 Å². The Labute approximate surface area is 109 Å². The minimum Gasteiger partial charge on any atom is -0.316 e. The smallest absolute Gasteiger partial charge is 0.0624 e.